The van der Waals surface area contributed by atoms with Gasteiger partial charge >= 0.3 is 0 Å². The van der Waals surface area contributed by atoms with Crippen LogP contribution in [0.2, 0.25) is 0 Å². The monoisotopic (exact) mass is 225 g/mol. The van der Waals surface area contributed by atoms with Crippen LogP contribution in [-0.4, -0.2) is 29.9 Å². The summed E-state index contributed by atoms with van der Waals surface area (Å²) in [6, 6.07) is 1.65. The summed E-state index contributed by atoms with van der Waals surface area (Å²) in [7, 11) is 0. The lowest BCUT2D eigenvalue weighted by molar-refractivity contribution is -0.133. The molecule has 4 heteroatoms. The van der Waals surface area contributed by atoms with Crippen molar-refractivity contribution in [1.29, 1.82) is 5.26 Å². The Balaban J connectivity index is 4.36. The number of carbonyl (C=O) groups excluding carboxylic acids is 1. The molecule has 0 aromatic heterocycles. The fourth-order valence-corrected chi connectivity index (χ4v) is 1.59. The van der Waals surface area contributed by atoms with Crippen LogP contribution in [0.25, 0.3) is 0 Å². The highest BCUT2D eigenvalue weighted by Crippen LogP contribution is 2.05. The lowest BCUT2D eigenvalue weighted by Crippen LogP contribution is -2.45. The number of nitriles is 1. The van der Waals surface area contributed by atoms with E-state index in [9.17, 15) is 4.79 Å². The molecule has 92 valence electrons. The molecule has 0 aromatic carbocycles. The molecule has 0 aliphatic rings. The molecule has 0 unspecified atom stereocenters. The third kappa shape index (κ3) is 5.72. The van der Waals surface area contributed by atoms with Gasteiger partial charge in [0, 0.05) is 13.1 Å². The molecule has 1 amide bonds. The van der Waals surface area contributed by atoms with Crippen LogP contribution in [0.3, 0.4) is 0 Å². The first-order valence-corrected chi connectivity index (χ1v) is 5.94. The van der Waals surface area contributed by atoms with Gasteiger partial charge in [-0.1, -0.05) is 27.2 Å². The highest BCUT2D eigenvalue weighted by molar-refractivity contribution is 5.81. The zero-order chi connectivity index (χ0) is 12.6. The van der Waals surface area contributed by atoms with Crippen molar-refractivity contribution >= 4 is 5.91 Å². The molecule has 0 saturated carbocycles. The average Bonchev–Trinajstić information content (AvgIpc) is 2.23. The Morgan fingerprint density at radius 1 is 1.50 bits per heavy atom. The zero-order valence-corrected chi connectivity index (χ0v) is 10.6. The lowest BCUT2D eigenvalue weighted by atomic mass is 10.1. The van der Waals surface area contributed by atoms with Gasteiger partial charge in [0.15, 0.2) is 0 Å². The van der Waals surface area contributed by atoms with E-state index in [1.54, 1.807) is 4.90 Å². The molecule has 0 fully saturated rings. The maximum absolute atomic E-state index is 12.0. The Kier molecular flexibility index (Phi) is 7.57. The summed E-state index contributed by atoms with van der Waals surface area (Å²) in [4.78, 5) is 13.7. The van der Waals surface area contributed by atoms with E-state index in [-0.39, 0.29) is 5.91 Å². The first-order chi connectivity index (χ1) is 7.52. The third-order valence-corrected chi connectivity index (χ3v) is 2.31. The Morgan fingerprint density at radius 3 is 2.56 bits per heavy atom. The topological polar surface area (TPSA) is 70.1 Å². The van der Waals surface area contributed by atoms with Crippen molar-refractivity contribution in [2.24, 2.45) is 11.7 Å². The number of hydrogen-bond donors (Lipinski definition) is 1. The second-order valence-electron chi connectivity index (χ2n) is 4.48. The molecule has 0 heterocycles. The summed E-state index contributed by atoms with van der Waals surface area (Å²) >= 11 is 0. The standard InChI is InChI=1S/C12H23N3O/c1-4-6-11(14)12(16)15(8-5-7-13)9-10(2)3/h10-11H,4-6,8-9,14H2,1-3H3/t11-/m1/s1. The van der Waals surface area contributed by atoms with E-state index in [2.05, 4.69) is 19.9 Å². The van der Waals surface area contributed by atoms with Gasteiger partial charge in [-0.2, -0.15) is 5.26 Å². The van der Waals surface area contributed by atoms with E-state index in [0.29, 0.717) is 31.8 Å². The Hall–Kier alpha value is -1.08. The molecular weight excluding hydrogens is 202 g/mol. The molecule has 1 atom stereocenters. The molecule has 2 N–H and O–H groups in total. The van der Waals surface area contributed by atoms with Crippen LogP contribution >= 0.6 is 0 Å². The predicted octanol–water partition coefficient (Wildman–Crippen LogP) is 1.51. The van der Waals surface area contributed by atoms with Gasteiger partial charge < -0.3 is 10.6 Å². The fourth-order valence-electron chi connectivity index (χ4n) is 1.59. The summed E-state index contributed by atoms with van der Waals surface area (Å²) in [5.74, 6) is 0.377. The van der Waals surface area contributed by atoms with E-state index in [4.69, 9.17) is 11.0 Å². The summed E-state index contributed by atoms with van der Waals surface area (Å²) in [6.45, 7) is 7.29. The van der Waals surface area contributed by atoms with Crippen LogP contribution < -0.4 is 5.73 Å². The molecule has 0 radical (unpaired) electrons. The van der Waals surface area contributed by atoms with Gasteiger partial charge in [-0.15, -0.1) is 0 Å². The van der Waals surface area contributed by atoms with E-state index >= 15 is 0 Å². The second kappa shape index (κ2) is 8.12. The van der Waals surface area contributed by atoms with Gasteiger partial charge in [-0.25, -0.2) is 0 Å². The Bertz CT molecular complexity index is 245. The van der Waals surface area contributed by atoms with Crippen molar-refractivity contribution in [2.75, 3.05) is 13.1 Å². The van der Waals surface area contributed by atoms with Crippen LogP contribution in [0, 0.1) is 17.2 Å². The van der Waals surface area contributed by atoms with Gasteiger partial charge in [-0.05, 0) is 12.3 Å². The average molecular weight is 225 g/mol. The van der Waals surface area contributed by atoms with E-state index < -0.39 is 6.04 Å². The molecule has 0 saturated heterocycles. The zero-order valence-electron chi connectivity index (χ0n) is 10.6. The SMILES string of the molecule is CCC[C@@H](N)C(=O)N(CCC#N)CC(C)C. The maximum Gasteiger partial charge on any atom is 0.239 e. The lowest BCUT2D eigenvalue weighted by Gasteiger charge is -2.26. The molecule has 0 aliphatic heterocycles. The predicted molar refractivity (Wildman–Crippen MR) is 64.5 cm³/mol. The minimum absolute atomic E-state index is 0.0224. The summed E-state index contributed by atoms with van der Waals surface area (Å²) in [6.07, 6.45) is 1.98. The van der Waals surface area contributed by atoms with Gasteiger partial charge in [0.25, 0.3) is 0 Å². The smallest absolute Gasteiger partial charge is 0.239 e. The van der Waals surface area contributed by atoms with Crippen molar-refractivity contribution in [3.8, 4) is 6.07 Å². The molecule has 0 rings (SSSR count). The molecule has 0 spiro atoms. The first-order valence-electron chi connectivity index (χ1n) is 5.94. The number of carbonyl (C=O) groups is 1. The first kappa shape index (κ1) is 14.9. The van der Waals surface area contributed by atoms with Crippen LogP contribution in [0.5, 0.6) is 0 Å². The molecule has 0 aliphatic carbocycles. The summed E-state index contributed by atoms with van der Waals surface area (Å²) in [5, 5.41) is 8.55. The van der Waals surface area contributed by atoms with Gasteiger partial charge in [0.05, 0.1) is 18.5 Å². The van der Waals surface area contributed by atoms with Crippen LogP contribution in [0.1, 0.15) is 40.0 Å². The number of rotatable bonds is 7. The fraction of sp³-hybridized carbons (Fsp3) is 0.833. The molecule has 0 bridgehead atoms. The molecule has 0 aromatic rings. The summed E-state index contributed by atoms with van der Waals surface area (Å²) in [5.41, 5.74) is 5.80. The minimum Gasteiger partial charge on any atom is -0.340 e. The van der Waals surface area contributed by atoms with Crippen molar-refractivity contribution < 1.29 is 4.79 Å². The molecule has 4 nitrogen and oxygen atoms in total. The van der Waals surface area contributed by atoms with E-state index in [1.807, 2.05) is 6.92 Å². The molecular formula is C12H23N3O. The van der Waals surface area contributed by atoms with E-state index in [0.717, 1.165) is 6.42 Å². The van der Waals surface area contributed by atoms with Crippen molar-refractivity contribution in [1.82, 2.24) is 4.90 Å². The quantitative estimate of drug-likeness (QED) is 0.714. The molecule has 16 heavy (non-hydrogen) atoms. The van der Waals surface area contributed by atoms with Crippen molar-refractivity contribution in [3.63, 3.8) is 0 Å². The third-order valence-electron chi connectivity index (χ3n) is 2.31. The van der Waals surface area contributed by atoms with Gasteiger partial charge in [0.1, 0.15) is 0 Å². The summed E-state index contributed by atoms with van der Waals surface area (Å²) < 4.78 is 0. The van der Waals surface area contributed by atoms with Crippen molar-refractivity contribution in [3.05, 3.63) is 0 Å². The van der Waals surface area contributed by atoms with Gasteiger partial charge in [0.2, 0.25) is 5.91 Å². The largest absolute Gasteiger partial charge is 0.340 e. The second-order valence-corrected chi connectivity index (χ2v) is 4.48. The van der Waals surface area contributed by atoms with Crippen molar-refractivity contribution in [2.45, 2.75) is 46.1 Å². The Labute approximate surface area is 98.4 Å². The minimum atomic E-state index is -0.414. The van der Waals surface area contributed by atoms with Crippen LogP contribution in [-0.2, 0) is 4.79 Å². The number of amides is 1. The maximum atomic E-state index is 12.0. The normalized spacial score (nSPS) is 12.2. The highest BCUT2D eigenvalue weighted by atomic mass is 16.2. The number of nitrogens with zero attached hydrogens (tertiary/aromatic N) is 2. The Morgan fingerprint density at radius 2 is 2.12 bits per heavy atom. The van der Waals surface area contributed by atoms with E-state index in [1.165, 1.54) is 0 Å². The highest BCUT2D eigenvalue weighted by Gasteiger charge is 2.20. The van der Waals surface area contributed by atoms with Crippen LogP contribution in [0.4, 0.5) is 0 Å². The van der Waals surface area contributed by atoms with Gasteiger partial charge in [-0.3, -0.25) is 4.79 Å². The number of nitrogens with two attached hydrogens (primary N) is 1. The van der Waals surface area contributed by atoms with Crippen LogP contribution in [0.15, 0.2) is 0 Å². The number of hydrogen-bond acceptors (Lipinski definition) is 3.